The van der Waals surface area contributed by atoms with Crippen molar-refractivity contribution in [2.75, 3.05) is 0 Å². The molecule has 4 saturated carbocycles. The fourth-order valence-corrected chi connectivity index (χ4v) is 9.44. The first kappa shape index (κ1) is 21.7. The summed E-state index contributed by atoms with van der Waals surface area (Å²) in [6.45, 7) is 10.3. The Kier molecular flexibility index (Phi) is 6.40. The lowest BCUT2D eigenvalue weighted by Crippen LogP contribution is -2.53. The molecule has 0 aliphatic heterocycles. The van der Waals surface area contributed by atoms with Crippen LogP contribution in [0.4, 0.5) is 0 Å². The van der Waals surface area contributed by atoms with Crippen molar-refractivity contribution in [1.29, 1.82) is 5.26 Å². The average molecular weight is 398 g/mol. The Hall–Kier alpha value is -0.510. The highest BCUT2D eigenvalue weighted by molar-refractivity contribution is 5.10. The van der Waals surface area contributed by atoms with Gasteiger partial charge in [0.1, 0.15) is 0 Å². The van der Waals surface area contributed by atoms with Crippen LogP contribution in [0, 0.1) is 63.6 Å². The van der Waals surface area contributed by atoms with Crippen LogP contribution in [0.3, 0.4) is 0 Å². The largest absolute Gasteiger partial charge is 0.198 e. The van der Waals surface area contributed by atoms with E-state index in [4.69, 9.17) is 0 Å². The quantitative estimate of drug-likeness (QED) is 0.413. The van der Waals surface area contributed by atoms with Crippen LogP contribution < -0.4 is 0 Å². The van der Waals surface area contributed by atoms with Crippen molar-refractivity contribution < 1.29 is 0 Å². The normalized spacial score (nSPS) is 47.6. The minimum atomic E-state index is 0.350. The van der Waals surface area contributed by atoms with Crippen molar-refractivity contribution in [3.63, 3.8) is 0 Å². The maximum atomic E-state index is 9.48. The summed E-state index contributed by atoms with van der Waals surface area (Å²) < 4.78 is 0. The van der Waals surface area contributed by atoms with Crippen LogP contribution in [0.1, 0.15) is 118 Å². The molecular weight excluding hydrogens is 350 g/mol. The molecule has 1 nitrogen and oxygen atoms in total. The van der Waals surface area contributed by atoms with Crippen molar-refractivity contribution in [3.8, 4) is 6.07 Å². The zero-order valence-electron chi connectivity index (χ0n) is 19.9. The summed E-state index contributed by atoms with van der Waals surface area (Å²) in [5.74, 6) is 6.04. The lowest BCUT2D eigenvalue weighted by molar-refractivity contribution is -0.118. The minimum absolute atomic E-state index is 0.350. The van der Waals surface area contributed by atoms with Gasteiger partial charge in [-0.05, 0) is 104 Å². The van der Waals surface area contributed by atoms with Gasteiger partial charge < -0.3 is 0 Å². The Morgan fingerprint density at radius 1 is 0.897 bits per heavy atom. The third kappa shape index (κ3) is 3.70. The number of unbranched alkanes of at least 4 members (excludes halogenated alkanes) is 3. The number of rotatable bonds is 6. The molecule has 0 aromatic rings. The number of nitriles is 1. The van der Waals surface area contributed by atoms with Crippen molar-refractivity contribution in [2.45, 2.75) is 118 Å². The van der Waals surface area contributed by atoms with Crippen molar-refractivity contribution in [3.05, 3.63) is 0 Å². The summed E-state index contributed by atoms with van der Waals surface area (Å²) in [4.78, 5) is 0. The Balaban J connectivity index is 1.45. The zero-order valence-corrected chi connectivity index (χ0v) is 19.9. The van der Waals surface area contributed by atoms with Gasteiger partial charge >= 0.3 is 0 Å². The van der Waals surface area contributed by atoms with Gasteiger partial charge in [0.05, 0.1) is 6.07 Å². The second-order valence-corrected chi connectivity index (χ2v) is 12.3. The monoisotopic (exact) mass is 397 g/mol. The van der Waals surface area contributed by atoms with Gasteiger partial charge in [-0.3, -0.25) is 0 Å². The minimum Gasteiger partial charge on any atom is -0.198 e. The third-order valence-corrected chi connectivity index (χ3v) is 11.1. The molecule has 0 bridgehead atoms. The van der Waals surface area contributed by atoms with Crippen molar-refractivity contribution in [1.82, 2.24) is 0 Å². The van der Waals surface area contributed by atoms with E-state index in [0.29, 0.717) is 16.7 Å². The van der Waals surface area contributed by atoms with Gasteiger partial charge in [0.2, 0.25) is 0 Å². The molecule has 4 aliphatic rings. The Morgan fingerprint density at radius 2 is 1.66 bits per heavy atom. The highest BCUT2D eigenvalue weighted by Gasteiger charge is 2.60. The lowest BCUT2D eigenvalue weighted by atomic mass is 9.44. The molecule has 0 radical (unpaired) electrons. The van der Waals surface area contributed by atoms with Gasteiger partial charge in [0.15, 0.2) is 0 Å². The standard InChI is InChI=1S/C28H47N/c1-5-6-7-8-9-20(2)24-12-13-25-23-11-10-22-18-21(19-29)14-16-27(22,3)26(23)15-17-28(24,25)4/h20-26H,5-18H2,1-4H3/t20?,21-,22+,23+,24-,25+,26+,27+,28-/m1/s1. The van der Waals surface area contributed by atoms with Gasteiger partial charge in [-0.1, -0.05) is 59.8 Å². The van der Waals surface area contributed by atoms with Crippen LogP contribution in [-0.2, 0) is 0 Å². The summed E-state index contributed by atoms with van der Waals surface area (Å²) in [6.07, 6.45) is 19.8. The van der Waals surface area contributed by atoms with Crippen LogP contribution in [0.25, 0.3) is 0 Å². The van der Waals surface area contributed by atoms with Crippen LogP contribution in [0.2, 0.25) is 0 Å². The molecule has 4 rings (SSSR count). The van der Waals surface area contributed by atoms with E-state index in [9.17, 15) is 5.26 Å². The van der Waals surface area contributed by atoms with E-state index in [-0.39, 0.29) is 0 Å². The Bertz CT molecular complexity index is 604. The number of hydrogen-bond donors (Lipinski definition) is 0. The number of hydrogen-bond acceptors (Lipinski definition) is 1. The van der Waals surface area contributed by atoms with E-state index < -0.39 is 0 Å². The molecule has 0 aromatic heterocycles. The molecule has 0 amide bonds. The fraction of sp³-hybridized carbons (Fsp3) is 0.964. The highest BCUT2D eigenvalue weighted by atomic mass is 14.6. The summed E-state index contributed by atoms with van der Waals surface area (Å²) in [5, 5.41) is 9.48. The molecule has 164 valence electrons. The van der Waals surface area contributed by atoms with Gasteiger partial charge in [-0.25, -0.2) is 0 Å². The predicted molar refractivity (Wildman–Crippen MR) is 122 cm³/mol. The van der Waals surface area contributed by atoms with E-state index in [1.807, 2.05) is 0 Å². The molecule has 1 heteroatoms. The maximum Gasteiger partial charge on any atom is 0.0655 e. The molecule has 0 heterocycles. The SMILES string of the molecule is CCCCCCC(C)[C@H]1CC[C@H]2[C@@H]3CC[C@H]4C[C@H](C#N)CC[C@]4(C)[C@H]3CC[C@]12C. The third-order valence-electron chi connectivity index (χ3n) is 11.1. The molecule has 29 heavy (non-hydrogen) atoms. The first-order valence-corrected chi connectivity index (χ1v) is 13.3. The Morgan fingerprint density at radius 3 is 2.41 bits per heavy atom. The first-order valence-electron chi connectivity index (χ1n) is 13.3. The van der Waals surface area contributed by atoms with Crippen LogP contribution >= 0.6 is 0 Å². The molecular formula is C28H47N. The predicted octanol–water partition coefficient (Wildman–Crippen LogP) is 8.39. The van der Waals surface area contributed by atoms with Crippen LogP contribution in [0.5, 0.6) is 0 Å². The van der Waals surface area contributed by atoms with Crippen LogP contribution in [-0.4, -0.2) is 0 Å². The molecule has 1 unspecified atom stereocenters. The van der Waals surface area contributed by atoms with E-state index in [1.165, 1.54) is 89.9 Å². The number of fused-ring (bicyclic) bond motifs is 5. The highest BCUT2D eigenvalue weighted by Crippen LogP contribution is 2.68. The van der Waals surface area contributed by atoms with Crippen molar-refractivity contribution >= 4 is 0 Å². The van der Waals surface area contributed by atoms with Gasteiger partial charge in [-0.2, -0.15) is 5.26 Å². The Labute approximate surface area is 181 Å². The summed E-state index contributed by atoms with van der Waals surface area (Å²) in [7, 11) is 0. The first-order chi connectivity index (χ1) is 13.9. The van der Waals surface area contributed by atoms with Gasteiger partial charge in [-0.15, -0.1) is 0 Å². The molecule has 0 spiro atoms. The maximum absolute atomic E-state index is 9.48. The molecule has 0 aromatic carbocycles. The smallest absolute Gasteiger partial charge is 0.0655 e. The summed E-state index contributed by atoms with van der Waals surface area (Å²) in [5.41, 5.74) is 1.17. The average Bonchev–Trinajstić information content (AvgIpc) is 3.07. The van der Waals surface area contributed by atoms with E-state index in [2.05, 4.69) is 33.8 Å². The van der Waals surface area contributed by atoms with E-state index in [1.54, 1.807) is 0 Å². The fourth-order valence-electron chi connectivity index (χ4n) is 9.44. The molecule has 4 fully saturated rings. The second-order valence-electron chi connectivity index (χ2n) is 12.3. The second kappa shape index (κ2) is 8.55. The summed E-state index contributed by atoms with van der Waals surface area (Å²) in [6, 6.07) is 2.61. The lowest BCUT2D eigenvalue weighted by Gasteiger charge is -2.61. The van der Waals surface area contributed by atoms with Gasteiger partial charge in [0, 0.05) is 5.92 Å². The summed E-state index contributed by atoms with van der Waals surface area (Å²) >= 11 is 0. The van der Waals surface area contributed by atoms with E-state index in [0.717, 1.165) is 35.5 Å². The van der Waals surface area contributed by atoms with Gasteiger partial charge in [0.25, 0.3) is 0 Å². The van der Waals surface area contributed by atoms with Crippen molar-refractivity contribution in [2.24, 2.45) is 52.3 Å². The molecule has 0 N–H and O–H groups in total. The molecule has 4 aliphatic carbocycles. The molecule has 0 saturated heterocycles. The molecule has 9 atom stereocenters. The topological polar surface area (TPSA) is 23.8 Å². The van der Waals surface area contributed by atoms with E-state index >= 15 is 0 Å². The van der Waals surface area contributed by atoms with Crippen LogP contribution in [0.15, 0.2) is 0 Å². The zero-order chi connectivity index (χ0) is 20.6. The number of nitrogens with zero attached hydrogens (tertiary/aromatic N) is 1.